The number of carboxylic acid groups (broad SMARTS) is 1. The van der Waals surface area contributed by atoms with Gasteiger partial charge in [-0.05, 0) is 30.0 Å². The molecule has 98 valence electrons. The van der Waals surface area contributed by atoms with Gasteiger partial charge < -0.3 is 10.4 Å². The second-order valence-electron chi connectivity index (χ2n) is 4.58. The number of hydrogen-bond acceptors (Lipinski definition) is 2. The Balaban J connectivity index is 2.77. The van der Waals surface area contributed by atoms with Crippen molar-refractivity contribution < 1.29 is 14.7 Å². The number of carboxylic acids is 1. The van der Waals surface area contributed by atoms with E-state index in [0.29, 0.717) is 5.56 Å². The number of benzene rings is 1. The molecule has 0 saturated heterocycles. The molecule has 0 heterocycles. The fourth-order valence-electron chi connectivity index (χ4n) is 1.63. The molecular weight excluding hydrogens is 230 g/mol. The van der Waals surface area contributed by atoms with Crippen LogP contribution in [0.25, 0.3) is 0 Å². The Kier molecular flexibility index (Phi) is 4.89. The van der Waals surface area contributed by atoms with Crippen molar-refractivity contribution in [3.8, 4) is 0 Å². The maximum absolute atomic E-state index is 11.9. The number of amides is 1. The van der Waals surface area contributed by atoms with Crippen LogP contribution in [-0.4, -0.2) is 23.0 Å². The zero-order chi connectivity index (χ0) is 13.7. The van der Waals surface area contributed by atoms with E-state index in [-0.39, 0.29) is 11.8 Å². The lowest BCUT2D eigenvalue weighted by molar-refractivity contribution is -0.140. The molecule has 0 saturated carbocycles. The molecule has 4 heteroatoms. The number of hydrogen-bond donors (Lipinski definition) is 2. The largest absolute Gasteiger partial charge is 0.480 e. The highest BCUT2D eigenvalue weighted by molar-refractivity contribution is 5.96. The van der Waals surface area contributed by atoms with Gasteiger partial charge >= 0.3 is 5.97 Å². The Bertz CT molecular complexity index is 423. The van der Waals surface area contributed by atoms with Gasteiger partial charge in [-0.3, -0.25) is 4.79 Å². The molecule has 0 fully saturated rings. The minimum absolute atomic E-state index is 0.152. The van der Waals surface area contributed by atoms with Crippen molar-refractivity contribution in [2.24, 2.45) is 5.92 Å². The molecule has 1 rings (SSSR count). The van der Waals surface area contributed by atoms with Gasteiger partial charge in [-0.1, -0.05) is 32.9 Å². The Hall–Kier alpha value is -1.84. The third-order valence-electron chi connectivity index (χ3n) is 2.84. The first kappa shape index (κ1) is 14.2. The average molecular weight is 249 g/mol. The number of aryl methyl sites for hydroxylation is 1. The molecule has 0 unspecified atom stereocenters. The molecule has 1 aromatic rings. The van der Waals surface area contributed by atoms with Gasteiger partial charge in [0.2, 0.25) is 0 Å². The summed E-state index contributed by atoms with van der Waals surface area (Å²) in [6.07, 6.45) is 0.908. The molecular formula is C14H19NO3. The normalized spacial score (nSPS) is 12.2. The maximum atomic E-state index is 11.9. The summed E-state index contributed by atoms with van der Waals surface area (Å²) in [6, 6.07) is 6.32. The van der Waals surface area contributed by atoms with Crippen molar-refractivity contribution in [2.45, 2.75) is 33.2 Å². The molecule has 1 amide bonds. The van der Waals surface area contributed by atoms with Gasteiger partial charge in [0.25, 0.3) is 5.91 Å². The standard InChI is InChI=1S/C14H19NO3/c1-4-10-5-7-11(8-6-10)13(16)15-12(9(2)3)14(17)18/h5-9,12H,4H2,1-3H3,(H,15,16)(H,17,18)/t12-/m1/s1. The smallest absolute Gasteiger partial charge is 0.326 e. The Morgan fingerprint density at radius 3 is 2.17 bits per heavy atom. The second-order valence-corrected chi connectivity index (χ2v) is 4.58. The van der Waals surface area contributed by atoms with E-state index in [2.05, 4.69) is 5.32 Å². The van der Waals surface area contributed by atoms with Crippen LogP contribution in [0.4, 0.5) is 0 Å². The Morgan fingerprint density at radius 1 is 1.22 bits per heavy atom. The summed E-state index contributed by atoms with van der Waals surface area (Å²) < 4.78 is 0. The number of nitrogens with one attached hydrogen (secondary N) is 1. The topological polar surface area (TPSA) is 66.4 Å². The lowest BCUT2D eigenvalue weighted by Gasteiger charge is -2.17. The average Bonchev–Trinajstić information content (AvgIpc) is 2.35. The summed E-state index contributed by atoms with van der Waals surface area (Å²) in [7, 11) is 0. The van der Waals surface area contributed by atoms with E-state index in [1.165, 1.54) is 0 Å². The van der Waals surface area contributed by atoms with Gasteiger partial charge in [0.15, 0.2) is 0 Å². The first-order chi connectivity index (χ1) is 8.45. The highest BCUT2D eigenvalue weighted by Gasteiger charge is 2.23. The Labute approximate surface area is 107 Å². The monoisotopic (exact) mass is 249 g/mol. The molecule has 1 aromatic carbocycles. The molecule has 0 aliphatic rings. The van der Waals surface area contributed by atoms with Gasteiger partial charge in [0.1, 0.15) is 6.04 Å². The molecule has 0 bridgehead atoms. The molecule has 4 nitrogen and oxygen atoms in total. The van der Waals surface area contributed by atoms with Crippen molar-refractivity contribution in [1.29, 1.82) is 0 Å². The van der Waals surface area contributed by atoms with E-state index in [0.717, 1.165) is 12.0 Å². The van der Waals surface area contributed by atoms with Crippen molar-refractivity contribution in [3.05, 3.63) is 35.4 Å². The quantitative estimate of drug-likeness (QED) is 0.839. The lowest BCUT2D eigenvalue weighted by atomic mass is 10.0. The highest BCUT2D eigenvalue weighted by atomic mass is 16.4. The van der Waals surface area contributed by atoms with Crippen LogP contribution in [0.3, 0.4) is 0 Å². The fourth-order valence-corrected chi connectivity index (χ4v) is 1.63. The number of carbonyl (C=O) groups excluding carboxylic acids is 1. The first-order valence-corrected chi connectivity index (χ1v) is 6.08. The van der Waals surface area contributed by atoms with E-state index in [4.69, 9.17) is 5.11 Å². The molecule has 0 aliphatic carbocycles. The predicted molar refractivity (Wildman–Crippen MR) is 69.5 cm³/mol. The number of rotatable bonds is 5. The zero-order valence-electron chi connectivity index (χ0n) is 10.9. The lowest BCUT2D eigenvalue weighted by Crippen LogP contribution is -2.44. The predicted octanol–water partition coefficient (Wildman–Crippen LogP) is 2.09. The van der Waals surface area contributed by atoms with E-state index in [9.17, 15) is 9.59 Å². The van der Waals surface area contributed by atoms with E-state index < -0.39 is 12.0 Å². The summed E-state index contributed by atoms with van der Waals surface area (Å²) in [6.45, 7) is 5.56. The van der Waals surface area contributed by atoms with Gasteiger partial charge in [-0.2, -0.15) is 0 Å². The first-order valence-electron chi connectivity index (χ1n) is 6.08. The summed E-state index contributed by atoms with van der Waals surface area (Å²) in [5, 5.41) is 11.5. The summed E-state index contributed by atoms with van der Waals surface area (Å²) in [5.41, 5.74) is 1.63. The molecule has 2 N–H and O–H groups in total. The van der Waals surface area contributed by atoms with Crippen LogP contribution >= 0.6 is 0 Å². The summed E-state index contributed by atoms with van der Waals surface area (Å²) in [5.74, 6) is -1.51. The zero-order valence-corrected chi connectivity index (χ0v) is 10.9. The van der Waals surface area contributed by atoms with Crippen LogP contribution in [0.15, 0.2) is 24.3 Å². The Morgan fingerprint density at radius 2 is 1.78 bits per heavy atom. The summed E-state index contributed by atoms with van der Waals surface area (Å²) in [4.78, 5) is 22.9. The van der Waals surface area contributed by atoms with Crippen LogP contribution in [0.2, 0.25) is 0 Å². The van der Waals surface area contributed by atoms with Crippen molar-refractivity contribution in [3.63, 3.8) is 0 Å². The molecule has 0 aliphatic heterocycles. The van der Waals surface area contributed by atoms with Gasteiger partial charge in [-0.15, -0.1) is 0 Å². The van der Waals surface area contributed by atoms with Gasteiger partial charge in [0, 0.05) is 5.56 Å². The molecule has 0 radical (unpaired) electrons. The second kappa shape index (κ2) is 6.19. The van der Waals surface area contributed by atoms with E-state index in [1.807, 2.05) is 19.1 Å². The number of aliphatic carboxylic acids is 1. The van der Waals surface area contributed by atoms with Crippen molar-refractivity contribution in [2.75, 3.05) is 0 Å². The molecule has 0 aromatic heterocycles. The van der Waals surface area contributed by atoms with Crippen molar-refractivity contribution >= 4 is 11.9 Å². The third kappa shape index (κ3) is 3.58. The van der Waals surface area contributed by atoms with Crippen molar-refractivity contribution in [1.82, 2.24) is 5.32 Å². The van der Waals surface area contributed by atoms with Crippen LogP contribution in [0, 0.1) is 5.92 Å². The molecule has 0 spiro atoms. The number of carbonyl (C=O) groups is 2. The van der Waals surface area contributed by atoms with Gasteiger partial charge in [-0.25, -0.2) is 4.79 Å². The fraction of sp³-hybridized carbons (Fsp3) is 0.429. The van der Waals surface area contributed by atoms with E-state index in [1.54, 1.807) is 26.0 Å². The van der Waals surface area contributed by atoms with Crippen LogP contribution < -0.4 is 5.32 Å². The highest BCUT2D eigenvalue weighted by Crippen LogP contribution is 2.07. The van der Waals surface area contributed by atoms with Gasteiger partial charge in [0.05, 0.1) is 0 Å². The molecule has 18 heavy (non-hydrogen) atoms. The molecule has 1 atom stereocenters. The van der Waals surface area contributed by atoms with Crippen LogP contribution in [-0.2, 0) is 11.2 Å². The minimum Gasteiger partial charge on any atom is -0.480 e. The third-order valence-corrected chi connectivity index (χ3v) is 2.84. The van der Waals surface area contributed by atoms with Crippen LogP contribution in [0.5, 0.6) is 0 Å². The summed E-state index contributed by atoms with van der Waals surface area (Å²) >= 11 is 0. The maximum Gasteiger partial charge on any atom is 0.326 e. The van der Waals surface area contributed by atoms with E-state index >= 15 is 0 Å². The minimum atomic E-state index is -1.01. The SMILES string of the molecule is CCc1ccc(C(=O)N[C@@H](C(=O)O)C(C)C)cc1. The van der Waals surface area contributed by atoms with Crippen LogP contribution in [0.1, 0.15) is 36.7 Å².